The van der Waals surface area contributed by atoms with Crippen molar-refractivity contribution in [3.05, 3.63) is 65.7 Å². The molecule has 0 radical (unpaired) electrons. The van der Waals surface area contributed by atoms with Gasteiger partial charge in [0.05, 0.1) is 6.42 Å². The van der Waals surface area contributed by atoms with Crippen molar-refractivity contribution in [2.24, 2.45) is 0 Å². The molecule has 1 saturated heterocycles. The molecule has 0 aromatic heterocycles. The van der Waals surface area contributed by atoms with Gasteiger partial charge in [0.1, 0.15) is 0 Å². The number of amides is 2. The monoisotopic (exact) mass is 411 g/mol. The Kier molecular flexibility index (Phi) is 7.32. The summed E-state index contributed by atoms with van der Waals surface area (Å²) in [5.41, 5.74) is 4.53. The maximum atomic E-state index is 12.7. The van der Waals surface area contributed by atoms with Crippen molar-refractivity contribution in [2.45, 2.75) is 11.3 Å². The summed E-state index contributed by atoms with van der Waals surface area (Å²) in [6.07, 6.45) is 5.43. The number of nitrogens with one attached hydrogen (secondary N) is 1. The summed E-state index contributed by atoms with van der Waals surface area (Å²) in [5, 5.41) is 8.64. The zero-order chi connectivity index (χ0) is 20.6. The van der Waals surface area contributed by atoms with Crippen LogP contribution in [0, 0.1) is 0 Å². The Labute approximate surface area is 175 Å². The van der Waals surface area contributed by atoms with E-state index in [4.69, 9.17) is 5.21 Å². The average molecular weight is 412 g/mol. The third-order valence-electron chi connectivity index (χ3n) is 4.95. The Balaban J connectivity index is 1.59. The van der Waals surface area contributed by atoms with Crippen molar-refractivity contribution < 1.29 is 14.8 Å². The van der Waals surface area contributed by atoms with Crippen LogP contribution >= 0.6 is 11.8 Å². The highest BCUT2D eigenvalue weighted by atomic mass is 32.2. The van der Waals surface area contributed by atoms with Crippen molar-refractivity contribution in [1.82, 2.24) is 10.4 Å². The van der Waals surface area contributed by atoms with Crippen LogP contribution in [-0.2, 0) is 16.0 Å². The van der Waals surface area contributed by atoms with E-state index in [1.54, 1.807) is 23.3 Å². The van der Waals surface area contributed by atoms with Gasteiger partial charge in [0, 0.05) is 42.8 Å². The Morgan fingerprint density at radius 3 is 2.41 bits per heavy atom. The van der Waals surface area contributed by atoms with Crippen LogP contribution < -0.4 is 10.4 Å². The van der Waals surface area contributed by atoms with E-state index in [2.05, 4.69) is 4.90 Å². The standard InChI is InChI=1S/C22H25N3O3S/c1-29-19-9-6-17(7-10-19)16-22(27)25-14-12-24(13-15-25)20-5-3-2-4-18(20)8-11-21(26)23-28/h2-11,28H,12-16H2,1H3,(H,23,26)/b11-8+. The van der Waals surface area contributed by atoms with E-state index in [0.717, 1.165) is 29.9 Å². The minimum Gasteiger partial charge on any atom is -0.367 e. The second-order valence-corrected chi connectivity index (χ2v) is 7.64. The molecule has 0 unspecified atom stereocenters. The fourth-order valence-electron chi connectivity index (χ4n) is 3.35. The molecule has 0 spiro atoms. The number of anilines is 1. The Morgan fingerprint density at radius 2 is 1.76 bits per heavy atom. The summed E-state index contributed by atoms with van der Waals surface area (Å²) in [7, 11) is 0. The molecule has 152 valence electrons. The number of hydroxylamine groups is 1. The van der Waals surface area contributed by atoms with Gasteiger partial charge in [-0.2, -0.15) is 0 Å². The quantitative estimate of drug-likeness (QED) is 0.331. The zero-order valence-corrected chi connectivity index (χ0v) is 17.2. The first kappa shape index (κ1) is 21.0. The van der Waals surface area contributed by atoms with Crippen molar-refractivity contribution in [3.8, 4) is 0 Å². The fourth-order valence-corrected chi connectivity index (χ4v) is 3.75. The molecule has 2 N–H and O–H groups in total. The molecule has 1 heterocycles. The van der Waals surface area contributed by atoms with Gasteiger partial charge in [-0.15, -0.1) is 11.8 Å². The lowest BCUT2D eigenvalue weighted by Gasteiger charge is -2.37. The highest BCUT2D eigenvalue weighted by Gasteiger charge is 2.22. The average Bonchev–Trinajstić information content (AvgIpc) is 2.78. The van der Waals surface area contributed by atoms with Crippen LogP contribution in [0.3, 0.4) is 0 Å². The number of nitrogens with zero attached hydrogens (tertiary/aromatic N) is 2. The summed E-state index contributed by atoms with van der Waals surface area (Å²) < 4.78 is 0. The number of thioether (sulfide) groups is 1. The van der Waals surface area contributed by atoms with Crippen molar-refractivity contribution in [3.63, 3.8) is 0 Å². The van der Waals surface area contributed by atoms with Crippen LogP contribution in [0.4, 0.5) is 5.69 Å². The lowest BCUT2D eigenvalue weighted by Crippen LogP contribution is -2.49. The predicted octanol–water partition coefficient (Wildman–Crippen LogP) is 2.82. The van der Waals surface area contributed by atoms with Gasteiger partial charge >= 0.3 is 0 Å². The number of rotatable bonds is 6. The van der Waals surface area contributed by atoms with E-state index in [1.807, 2.05) is 59.7 Å². The van der Waals surface area contributed by atoms with E-state index >= 15 is 0 Å². The minimum absolute atomic E-state index is 0.148. The second-order valence-electron chi connectivity index (χ2n) is 6.76. The van der Waals surface area contributed by atoms with E-state index < -0.39 is 5.91 Å². The van der Waals surface area contributed by atoms with Crippen LogP contribution in [0.5, 0.6) is 0 Å². The molecule has 6 nitrogen and oxygen atoms in total. The van der Waals surface area contributed by atoms with Crippen LogP contribution in [-0.4, -0.2) is 54.4 Å². The van der Waals surface area contributed by atoms with Gasteiger partial charge in [-0.1, -0.05) is 30.3 Å². The molecule has 1 aliphatic rings. The molecule has 29 heavy (non-hydrogen) atoms. The Morgan fingerprint density at radius 1 is 1.07 bits per heavy atom. The first-order valence-electron chi connectivity index (χ1n) is 9.47. The van der Waals surface area contributed by atoms with Crippen LogP contribution in [0.1, 0.15) is 11.1 Å². The summed E-state index contributed by atoms with van der Waals surface area (Å²) >= 11 is 1.69. The van der Waals surface area contributed by atoms with Gasteiger partial charge in [-0.25, -0.2) is 5.48 Å². The molecule has 2 amide bonds. The highest BCUT2D eigenvalue weighted by molar-refractivity contribution is 7.98. The predicted molar refractivity (Wildman–Crippen MR) is 116 cm³/mol. The molecular formula is C22H25N3O3S. The van der Waals surface area contributed by atoms with Gasteiger partial charge in [0.2, 0.25) is 5.91 Å². The number of hydrogen-bond donors (Lipinski definition) is 2. The molecule has 3 rings (SSSR count). The number of carbonyl (C=O) groups is 2. The molecule has 0 saturated carbocycles. The smallest absolute Gasteiger partial charge is 0.267 e. The third kappa shape index (κ3) is 5.62. The van der Waals surface area contributed by atoms with E-state index in [0.29, 0.717) is 19.5 Å². The van der Waals surface area contributed by atoms with Crippen LogP contribution in [0.2, 0.25) is 0 Å². The number of carbonyl (C=O) groups excluding carboxylic acids is 2. The van der Waals surface area contributed by atoms with E-state index in [9.17, 15) is 9.59 Å². The van der Waals surface area contributed by atoms with Gasteiger partial charge < -0.3 is 9.80 Å². The van der Waals surface area contributed by atoms with E-state index in [1.165, 1.54) is 11.0 Å². The maximum Gasteiger partial charge on any atom is 0.267 e. The van der Waals surface area contributed by atoms with Gasteiger partial charge in [0.25, 0.3) is 5.91 Å². The highest BCUT2D eigenvalue weighted by Crippen LogP contribution is 2.23. The molecule has 0 bridgehead atoms. The summed E-state index contributed by atoms with van der Waals surface area (Å²) in [6, 6.07) is 15.9. The van der Waals surface area contributed by atoms with Crippen LogP contribution in [0.25, 0.3) is 6.08 Å². The van der Waals surface area contributed by atoms with Crippen molar-refractivity contribution >= 4 is 35.3 Å². The van der Waals surface area contributed by atoms with Crippen molar-refractivity contribution in [2.75, 3.05) is 37.3 Å². The molecular weight excluding hydrogens is 386 g/mol. The molecule has 1 fully saturated rings. The fraction of sp³-hybridized carbons (Fsp3) is 0.273. The van der Waals surface area contributed by atoms with E-state index in [-0.39, 0.29) is 5.91 Å². The Bertz CT molecular complexity index is 875. The van der Waals surface area contributed by atoms with Crippen molar-refractivity contribution in [1.29, 1.82) is 0 Å². The number of piperazine rings is 1. The van der Waals surface area contributed by atoms with Gasteiger partial charge in [0.15, 0.2) is 0 Å². The Hall–Kier alpha value is -2.77. The largest absolute Gasteiger partial charge is 0.367 e. The third-order valence-corrected chi connectivity index (χ3v) is 5.69. The van der Waals surface area contributed by atoms with Crippen LogP contribution in [0.15, 0.2) is 59.5 Å². The summed E-state index contributed by atoms with van der Waals surface area (Å²) in [6.45, 7) is 2.79. The summed E-state index contributed by atoms with van der Waals surface area (Å²) in [5.74, 6) is -0.421. The maximum absolute atomic E-state index is 12.7. The zero-order valence-electron chi connectivity index (χ0n) is 16.4. The topological polar surface area (TPSA) is 72.9 Å². The first-order chi connectivity index (χ1) is 14.1. The lowest BCUT2D eigenvalue weighted by atomic mass is 10.1. The molecule has 0 aliphatic carbocycles. The lowest BCUT2D eigenvalue weighted by molar-refractivity contribution is -0.130. The molecule has 7 heteroatoms. The first-order valence-corrected chi connectivity index (χ1v) is 10.7. The van der Waals surface area contributed by atoms with Gasteiger partial charge in [-0.3, -0.25) is 14.8 Å². The molecule has 2 aromatic carbocycles. The number of hydrogen-bond acceptors (Lipinski definition) is 5. The molecule has 0 atom stereocenters. The number of para-hydroxylation sites is 1. The molecule has 1 aliphatic heterocycles. The normalized spacial score (nSPS) is 14.3. The molecule has 2 aromatic rings. The minimum atomic E-state index is -0.569. The number of benzene rings is 2. The SMILES string of the molecule is CSc1ccc(CC(=O)N2CCN(c3ccccc3/C=C/C(=O)NO)CC2)cc1. The van der Waals surface area contributed by atoms with Gasteiger partial charge in [-0.05, 0) is 41.7 Å². The second kappa shape index (κ2) is 10.1. The summed E-state index contributed by atoms with van der Waals surface area (Å²) in [4.78, 5) is 29.3.